The Hall–Kier alpha value is -3.34. The molecule has 0 atom stereocenters. The summed E-state index contributed by atoms with van der Waals surface area (Å²) in [5, 5.41) is 2.77. The van der Waals surface area contributed by atoms with Crippen LogP contribution in [-0.4, -0.2) is 17.5 Å². The molecule has 0 saturated carbocycles. The van der Waals surface area contributed by atoms with Crippen molar-refractivity contribution in [3.8, 4) is 11.5 Å². The van der Waals surface area contributed by atoms with Crippen molar-refractivity contribution in [2.45, 2.75) is 27.4 Å². The van der Waals surface area contributed by atoms with Crippen LogP contribution in [0.4, 0.5) is 5.82 Å². The molecule has 0 spiro atoms. The first kappa shape index (κ1) is 19.4. The summed E-state index contributed by atoms with van der Waals surface area (Å²) in [6.45, 7) is 6.27. The zero-order valence-corrected chi connectivity index (χ0v) is 16.4. The van der Waals surface area contributed by atoms with Crippen molar-refractivity contribution in [1.82, 2.24) is 4.98 Å². The Morgan fingerprint density at radius 1 is 0.929 bits per heavy atom. The van der Waals surface area contributed by atoms with E-state index in [4.69, 9.17) is 9.47 Å². The van der Waals surface area contributed by atoms with Crippen LogP contribution in [0, 0.1) is 20.8 Å². The van der Waals surface area contributed by atoms with Gasteiger partial charge in [-0.1, -0.05) is 36.4 Å². The van der Waals surface area contributed by atoms with E-state index in [2.05, 4.69) is 10.3 Å². The minimum atomic E-state index is -0.291. The highest BCUT2D eigenvalue weighted by atomic mass is 16.5. The van der Waals surface area contributed by atoms with Crippen LogP contribution in [0.5, 0.6) is 11.5 Å². The fraction of sp³-hybridized carbons (Fsp3) is 0.217. The smallest absolute Gasteiger partial charge is 0.263 e. The Morgan fingerprint density at radius 3 is 2.57 bits per heavy atom. The summed E-state index contributed by atoms with van der Waals surface area (Å²) in [5.41, 5.74) is 4.30. The van der Waals surface area contributed by atoms with E-state index in [9.17, 15) is 4.79 Å². The van der Waals surface area contributed by atoms with E-state index < -0.39 is 0 Å². The molecule has 0 radical (unpaired) electrons. The van der Waals surface area contributed by atoms with Gasteiger partial charge in [0.2, 0.25) is 0 Å². The molecular weight excluding hydrogens is 352 g/mol. The van der Waals surface area contributed by atoms with Crippen LogP contribution in [0.15, 0.2) is 60.8 Å². The third-order valence-corrected chi connectivity index (χ3v) is 4.38. The molecule has 0 fully saturated rings. The van der Waals surface area contributed by atoms with Crippen LogP contribution < -0.4 is 14.8 Å². The summed E-state index contributed by atoms with van der Waals surface area (Å²) < 4.78 is 11.5. The normalized spacial score (nSPS) is 10.4. The molecule has 144 valence electrons. The minimum Gasteiger partial charge on any atom is -0.485 e. The van der Waals surface area contributed by atoms with Crippen LogP contribution in [0.3, 0.4) is 0 Å². The number of benzene rings is 2. The Morgan fingerprint density at radius 2 is 1.75 bits per heavy atom. The summed E-state index contributed by atoms with van der Waals surface area (Å²) in [6.07, 6.45) is 1.61. The number of aryl methyl sites for hydroxylation is 3. The number of carbonyl (C=O) groups excluding carboxylic acids is 1. The van der Waals surface area contributed by atoms with Gasteiger partial charge in [-0.15, -0.1) is 0 Å². The van der Waals surface area contributed by atoms with Crippen LogP contribution in [0.1, 0.15) is 22.3 Å². The molecule has 3 aromatic rings. The SMILES string of the molecule is Cc1ccc(C)c(OCC(=O)Nc2ncccc2OCc2ccccc2C)c1. The van der Waals surface area contributed by atoms with Gasteiger partial charge in [0.15, 0.2) is 18.2 Å². The Bertz CT molecular complexity index is 970. The average Bonchev–Trinajstić information content (AvgIpc) is 2.69. The lowest BCUT2D eigenvalue weighted by atomic mass is 10.1. The van der Waals surface area contributed by atoms with Crippen molar-refractivity contribution in [3.63, 3.8) is 0 Å². The summed E-state index contributed by atoms with van der Waals surface area (Å²) in [5.74, 6) is 1.31. The molecule has 0 bridgehead atoms. The molecular formula is C23H24N2O3. The van der Waals surface area contributed by atoms with Gasteiger partial charge in [-0.2, -0.15) is 0 Å². The number of aromatic nitrogens is 1. The van der Waals surface area contributed by atoms with E-state index in [1.54, 1.807) is 18.3 Å². The van der Waals surface area contributed by atoms with Crippen LogP contribution in [-0.2, 0) is 11.4 Å². The zero-order chi connectivity index (χ0) is 19.9. The first-order valence-corrected chi connectivity index (χ1v) is 9.15. The van der Waals surface area contributed by atoms with Crippen molar-refractivity contribution in [1.29, 1.82) is 0 Å². The van der Waals surface area contributed by atoms with Crippen molar-refractivity contribution in [2.75, 3.05) is 11.9 Å². The molecule has 0 unspecified atom stereocenters. The standard InChI is InChI=1S/C23H24N2O3/c1-16-10-11-18(3)21(13-16)28-15-22(26)25-23-20(9-6-12-24-23)27-14-19-8-5-4-7-17(19)2/h4-13H,14-15H2,1-3H3,(H,24,25,26). The Labute approximate surface area is 165 Å². The van der Waals surface area contributed by atoms with Crippen molar-refractivity contribution >= 4 is 11.7 Å². The predicted octanol–water partition coefficient (Wildman–Crippen LogP) is 4.60. The monoisotopic (exact) mass is 376 g/mol. The van der Waals surface area contributed by atoms with Gasteiger partial charge in [-0.05, 0) is 61.2 Å². The van der Waals surface area contributed by atoms with E-state index in [0.717, 1.165) is 22.3 Å². The van der Waals surface area contributed by atoms with E-state index >= 15 is 0 Å². The molecule has 5 heteroatoms. The zero-order valence-electron chi connectivity index (χ0n) is 16.4. The molecule has 0 saturated heterocycles. The average molecular weight is 376 g/mol. The first-order chi connectivity index (χ1) is 13.5. The van der Waals surface area contributed by atoms with Crippen molar-refractivity contribution in [3.05, 3.63) is 83.0 Å². The predicted molar refractivity (Wildman–Crippen MR) is 110 cm³/mol. The van der Waals surface area contributed by atoms with E-state index in [1.165, 1.54) is 0 Å². The number of hydrogen-bond donors (Lipinski definition) is 1. The second kappa shape index (κ2) is 9.04. The molecule has 0 aliphatic carbocycles. The second-order valence-electron chi connectivity index (χ2n) is 6.67. The van der Waals surface area contributed by atoms with Gasteiger partial charge in [-0.3, -0.25) is 4.79 Å². The maximum Gasteiger partial charge on any atom is 0.263 e. The molecule has 28 heavy (non-hydrogen) atoms. The van der Waals surface area contributed by atoms with Gasteiger partial charge in [-0.25, -0.2) is 4.98 Å². The largest absolute Gasteiger partial charge is 0.485 e. The quantitative estimate of drug-likeness (QED) is 0.654. The number of pyridine rings is 1. The summed E-state index contributed by atoms with van der Waals surface area (Å²) in [6, 6.07) is 17.5. The third kappa shape index (κ3) is 5.10. The van der Waals surface area contributed by atoms with Gasteiger partial charge in [0.05, 0.1) is 0 Å². The summed E-state index contributed by atoms with van der Waals surface area (Å²) in [4.78, 5) is 16.6. The fourth-order valence-electron chi connectivity index (χ4n) is 2.70. The number of nitrogens with zero attached hydrogens (tertiary/aromatic N) is 1. The molecule has 0 aliphatic rings. The van der Waals surface area contributed by atoms with Gasteiger partial charge in [0.1, 0.15) is 12.4 Å². The van der Waals surface area contributed by atoms with Gasteiger partial charge < -0.3 is 14.8 Å². The number of nitrogens with one attached hydrogen (secondary N) is 1. The Kier molecular flexibility index (Phi) is 6.27. The van der Waals surface area contributed by atoms with Gasteiger partial charge in [0, 0.05) is 6.20 Å². The van der Waals surface area contributed by atoms with Crippen molar-refractivity contribution in [2.24, 2.45) is 0 Å². The van der Waals surface area contributed by atoms with E-state index in [-0.39, 0.29) is 12.5 Å². The fourth-order valence-corrected chi connectivity index (χ4v) is 2.70. The van der Waals surface area contributed by atoms with Gasteiger partial charge >= 0.3 is 0 Å². The molecule has 5 nitrogen and oxygen atoms in total. The number of carbonyl (C=O) groups is 1. The molecule has 3 rings (SSSR count). The summed E-state index contributed by atoms with van der Waals surface area (Å²) >= 11 is 0. The molecule has 1 heterocycles. The van der Waals surface area contributed by atoms with Gasteiger partial charge in [0.25, 0.3) is 5.91 Å². The third-order valence-electron chi connectivity index (χ3n) is 4.38. The molecule has 1 N–H and O–H groups in total. The molecule has 1 amide bonds. The van der Waals surface area contributed by atoms with E-state index in [0.29, 0.717) is 23.9 Å². The maximum atomic E-state index is 12.3. The number of rotatable bonds is 7. The second-order valence-corrected chi connectivity index (χ2v) is 6.67. The maximum absolute atomic E-state index is 12.3. The molecule has 2 aromatic carbocycles. The highest BCUT2D eigenvalue weighted by Gasteiger charge is 2.11. The lowest BCUT2D eigenvalue weighted by Gasteiger charge is -2.13. The highest BCUT2D eigenvalue weighted by Crippen LogP contribution is 2.23. The number of ether oxygens (including phenoxy) is 2. The Balaban J connectivity index is 1.61. The van der Waals surface area contributed by atoms with Crippen LogP contribution in [0.2, 0.25) is 0 Å². The van der Waals surface area contributed by atoms with E-state index in [1.807, 2.05) is 63.2 Å². The van der Waals surface area contributed by atoms with Crippen LogP contribution in [0.25, 0.3) is 0 Å². The lowest BCUT2D eigenvalue weighted by Crippen LogP contribution is -2.21. The van der Waals surface area contributed by atoms with Crippen LogP contribution >= 0.6 is 0 Å². The topological polar surface area (TPSA) is 60.5 Å². The number of anilines is 1. The molecule has 1 aromatic heterocycles. The number of amides is 1. The number of hydrogen-bond acceptors (Lipinski definition) is 4. The molecule has 0 aliphatic heterocycles. The minimum absolute atomic E-state index is 0.0991. The van der Waals surface area contributed by atoms with Crippen molar-refractivity contribution < 1.29 is 14.3 Å². The summed E-state index contributed by atoms with van der Waals surface area (Å²) in [7, 11) is 0. The lowest BCUT2D eigenvalue weighted by molar-refractivity contribution is -0.118. The first-order valence-electron chi connectivity index (χ1n) is 9.15. The highest BCUT2D eigenvalue weighted by molar-refractivity contribution is 5.92.